The van der Waals surface area contributed by atoms with E-state index in [0.717, 1.165) is 25.2 Å². The van der Waals surface area contributed by atoms with Gasteiger partial charge in [-0.15, -0.1) is 0 Å². The van der Waals surface area contributed by atoms with Gasteiger partial charge in [-0.3, -0.25) is 9.59 Å². The number of amides is 2. The van der Waals surface area contributed by atoms with Crippen LogP contribution in [0.4, 0.5) is 0 Å². The summed E-state index contributed by atoms with van der Waals surface area (Å²) in [7, 11) is 0. The molecule has 0 aliphatic carbocycles. The highest BCUT2D eigenvalue weighted by Crippen LogP contribution is 2.04. The van der Waals surface area contributed by atoms with Crippen molar-refractivity contribution in [3.05, 3.63) is 35.9 Å². The summed E-state index contributed by atoms with van der Waals surface area (Å²) in [6.45, 7) is 4.87. The van der Waals surface area contributed by atoms with Crippen LogP contribution in [0.3, 0.4) is 0 Å². The van der Waals surface area contributed by atoms with Crippen molar-refractivity contribution >= 4 is 11.8 Å². The fourth-order valence-corrected chi connectivity index (χ4v) is 2.51. The second-order valence-electron chi connectivity index (χ2n) is 5.40. The highest BCUT2D eigenvalue weighted by Gasteiger charge is 2.22. The maximum absolute atomic E-state index is 12.1. The highest BCUT2D eigenvalue weighted by molar-refractivity contribution is 5.80. The van der Waals surface area contributed by atoms with Crippen LogP contribution in [0.2, 0.25) is 0 Å². The van der Waals surface area contributed by atoms with Gasteiger partial charge in [0.25, 0.3) is 0 Å². The number of rotatable bonds is 5. The largest absolute Gasteiger partial charge is 0.355 e. The first-order valence-corrected chi connectivity index (χ1v) is 7.47. The zero-order valence-electron chi connectivity index (χ0n) is 12.5. The molecular formula is C16H23N3O2. The van der Waals surface area contributed by atoms with E-state index in [-0.39, 0.29) is 17.9 Å². The van der Waals surface area contributed by atoms with Crippen molar-refractivity contribution in [1.29, 1.82) is 0 Å². The Morgan fingerprint density at radius 3 is 2.81 bits per heavy atom. The minimum atomic E-state index is -0.0395. The Kier molecular flexibility index (Phi) is 5.75. The van der Waals surface area contributed by atoms with Crippen molar-refractivity contribution in [2.24, 2.45) is 0 Å². The van der Waals surface area contributed by atoms with Gasteiger partial charge in [0.15, 0.2) is 0 Å². The third kappa shape index (κ3) is 4.86. The van der Waals surface area contributed by atoms with Crippen molar-refractivity contribution < 1.29 is 9.59 Å². The minimum absolute atomic E-state index is 0.0395. The molecule has 0 aromatic heterocycles. The van der Waals surface area contributed by atoms with E-state index in [9.17, 15) is 9.59 Å². The van der Waals surface area contributed by atoms with Crippen LogP contribution in [0, 0.1) is 0 Å². The average molecular weight is 289 g/mol. The van der Waals surface area contributed by atoms with E-state index in [4.69, 9.17) is 0 Å². The number of carbonyl (C=O) groups is 2. The normalized spacial score (nSPS) is 18.3. The Bertz CT molecular complexity index is 476. The maximum Gasteiger partial charge on any atom is 0.224 e. The van der Waals surface area contributed by atoms with Gasteiger partial charge in [-0.05, 0) is 12.5 Å². The monoisotopic (exact) mass is 289 g/mol. The molecule has 2 rings (SSSR count). The Hall–Kier alpha value is -1.88. The maximum atomic E-state index is 12.1. The standard InChI is InChI=1S/C16H23N3O2/c1-13-12-17-9-10-19(13)16(21)7-8-18-15(20)11-14-5-3-2-4-6-14/h2-6,13,17H,7-12H2,1H3,(H,18,20)/t13-/m1/s1. The summed E-state index contributed by atoms with van der Waals surface area (Å²) in [5.74, 6) is 0.0753. The number of hydrogen-bond acceptors (Lipinski definition) is 3. The number of nitrogens with one attached hydrogen (secondary N) is 2. The fraction of sp³-hybridized carbons (Fsp3) is 0.500. The van der Waals surface area contributed by atoms with Gasteiger partial charge in [0.05, 0.1) is 6.42 Å². The lowest BCUT2D eigenvalue weighted by molar-refractivity contribution is -0.133. The van der Waals surface area contributed by atoms with Gasteiger partial charge in [0.1, 0.15) is 0 Å². The summed E-state index contributed by atoms with van der Waals surface area (Å²) >= 11 is 0. The van der Waals surface area contributed by atoms with Gasteiger partial charge in [-0.2, -0.15) is 0 Å². The quantitative estimate of drug-likeness (QED) is 0.832. The Morgan fingerprint density at radius 1 is 1.33 bits per heavy atom. The van der Waals surface area contributed by atoms with E-state index >= 15 is 0 Å². The van der Waals surface area contributed by atoms with Crippen molar-refractivity contribution in [2.75, 3.05) is 26.2 Å². The van der Waals surface area contributed by atoms with Crippen molar-refractivity contribution in [3.63, 3.8) is 0 Å². The van der Waals surface area contributed by atoms with Crippen LogP contribution in [0.15, 0.2) is 30.3 Å². The van der Waals surface area contributed by atoms with Crippen LogP contribution >= 0.6 is 0 Å². The van der Waals surface area contributed by atoms with Crippen molar-refractivity contribution in [3.8, 4) is 0 Å². The highest BCUT2D eigenvalue weighted by atomic mass is 16.2. The first-order valence-electron chi connectivity index (χ1n) is 7.47. The first-order chi connectivity index (χ1) is 10.2. The van der Waals surface area contributed by atoms with Gasteiger partial charge in [0.2, 0.25) is 11.8 Å². The van der Waals surface area contributed by atoms with Crippen LogP contribution in [0.1, 0.15) is 18.9 Å². The summed E-state index contributed by atoms with van der Waals surface area (Å²) < 4.78 is 0. The molecule has 1 atom stereocenters. The third-order valence-corrected chi connectivity index (χ3v) is 3.69. The Morgan fingerprint density at radius 2 is 2.10 bits per heavy atom. The predicted octanol–water partition coefficient (Wildman–Crippen LogP) is 0.556. The predicted molar refractivity (Wildman–Crippen MR) is 81.8 cm³/mol. The van der Waals surface area contributed by atoms with Crippen LogP contribution in [0.25, 0.3) is 0 Å². The summed E-state index contributed by atoms with van der Waals surface area (Å²) in [5.41, 5.74) is 0.983. The number of benzene rings is 1. The molecule has 5 nitrogen and oxygen atoms in total. The SMILES string of the molecule is C[C@@H]1CNCCN1C(=O)CCNC(=O)Cc1ccccc1. The van der Waals surface area contributed by atoms with Crippen LogP contribution in [-0.2, 0) is 16.0 Å². The molecular weight excluding hydrogens is 266 g/mol. The second kappa shape index (κ2) is 7.78. The molecule has 1 saturated heterocycles. The number of nitrogens with zero attached hydrogens (tertiary/aromatic N) is 1. The van der Waals surface area contributed by atoms with Crippen LogP contribution in [-0.4, -0.2) is 48.9 Å². The second-order valence-corrected chi connectivity index (χ2v) is 5.40. The summed E-state index contributed by atoms with van der Waals surface area (Å²) in [5, 5.41) is 6.07. The minimum Gasteiger partial charge on any atom is -0.355 e. The first kappa shape index (κ1) is 15.5. The Balaban J connectivity index is 1.69. The van der Waals surface area contributed by atoms with E-state index in [1.54, 1.807) is 0 Å². The van der Waals surface area contributed by atoms with Gasteiger partial charge in [-0.1, -0.05) is 30.3 Å². The molecule has 2 N–H and O–H groups in total. The van der Waals surface area contributed by atoms with Gasteiger partial charge >= 0.3 is 0 Å². The average Bonchev–Trinajstić information content (AvgIpc) is 2.48. The van der Waals surface area contributed by atoms with E-state index < -0.39 is 0 Å². The van der Waals surface area contributed by atoms with Crippen molar-refractivity contribution in [1.82, 2.24) is 15.5 Å². The fourth-order valence-electron chi connectivity index (χ4n) is 2.51. The molecule has 1 aliphatic rings. The molecule has 0 unspecified atom stereocenters. The summed E-state index contributed by atoms with van der Waals surface area (Å²) in [4.78, 5) is 25.8. The molecule has 1 aromatic rings. The molecule has 2 amide bonds. The van der Waals surface area contributed by atoms with Gasteiger partial charge in [0, 0.05) is 38.6 Å². The molecule has 0 saturated carbocycles. The van der Waals surface area contributed by atoms with Crippen LogP contribution in [0.5, 0.6) is 0 Å². The molecule has 1 aliphatic heterocycles. The number of carbonyl (C=O) groups excluding carboxylic acids is 2. The lowest BCUT2D eigenvalue weighted by Gasteiger charge is -2.34. The van der Waals surface area contributed by atoms with E-state index in [2.05, 4.69) is 10.6 Å². The van der Waals surface area contributed by atoms with Gasteiger partial charge in [-0.25, -0.2) is 0 Å². The molecule has 114 valence electrons. The molecule has 21 heavy (non-hydrogen) atoms. The zero-order valence-corrected chi connectivity index (χ0v) is 12.5. The molecule has 0 radical (unpaired) electrons. The lowest BCUT2D eigenvalue weighted by atomic mass is 10.1. The number of hydrogen-bond donors (Lipinski definition) is 2. The topological polar surface area (TPSA) is 61.4 Å². The summed E-state index contributed by atoms with van der Waals surface area (Å²) in [6, 6.07) is 9.83. The van der Waals surface area contributed by atoms with Crippen molar-refractivity contribution in [2.45, 2.75) is 25.8 Å². The van der Waals surface area contributed by atoms with E-state index in [1.165, 1.54) is 0 Å². The molecule has 1 aromatic carbocycles. The van der Waals surface area contributed by atoms with Gasteiger partial charge < -0.3 is 15.5 Å². The number of piperazine rings is 1. The molecule has 5 heteroatoms. The zero-order chi connectivity index (χ0) is 15.1. The molecule has 0 bridgehead atoms. The smallest absolute Gasteiger partial charge is 0.224 e. The van der Waals surface area contributed by atoms with E-state index in [0.29, 0.717) is 19.4 Å². The molecule has 1 fully saturated rings. The molecule has 0 spiro atoms. The third-order valence-electron chi connectivity index (χ3n) is 3.69. The Labute approximate surface area is 125 Å². The van der Waals surface area contributed by atoms with Crippen LogP contribution < -0.4 is 10.6 Å². The van der Waals surface area contributed by atoms with E-state index in [1.807, 2.05) is 42.2 Å². The lowest BCUT2D eigenvalue weighted by Crippen LogP contribution is -2.52. The molecule has 1 heterocycles. The summed E-state index contributed by atoms with van der Waals surface area (Å²) in [6.07, 6.45) is 0.726.